The minimum absolute atomic E-state index is 0.0865. The summed E-state index contributed by atoms with van der Waals surface area (Å²) in [6, 6.07) is 11.0. The molecular weight excluding hydrogens is 346 g/mol. The smallest absolute Gasteiger partial charge is 0.387 e. The highest BCUT2D eigenvalue weighted by Crippen LogP contribution is 2.29. The molecule has 0 aliphatic rings. The molecule has 26 heavy (non-hydrogen) atoms. The normalized spacial score (nSPS) is 10.8. The summed E-state index contributed by atoms with van der Waals surface area (Å²) >= 11 is 0. The monoisotopic (exact) mass is 364 g/mol. The maximum atomic E-state index is 12.3. The van der Waals surface area contributed by atoms with Gasteiger partial charge in [0.1, 0.15) is 11.5 Å². The van der Waals surface area contributed by atoms with Crippen molar-refractivity contribution < 1.29 is 32.5 Å². The molecule has 138 valence electrons. The van der Waals surface area contributed by atoms with Crippen molar-refractivity contribution in [2.45, 2.75) is 13.5 Å². The molecule has 0 radical (unpaired) electrons. The van der Waals surface area contributed by atoms with Crippen molar-refractivity contribution in [2.24, 2.45) is 0 Å². The predicted molar refractivity (Wildman–Crippen MR) is 91.9 cm³/mol. The maximum Gasteiger partial charge on any atom is 0.387 e. The summed E-state index contributed by atoms with van der Waals surface area (Å²) in [5.41, 5.74) is 0.562. The van der Waals surface area contributed by atoms with E-state index in [9.17, 15) is 13.6 Å². The number of carbonyl (C=O) groups excluding carboxylic acids is 1. The minimum Gasteiger partial charge on any atom is -0.494 e. The first-order valence-corrected chi connectivity index (χ1v) is 7.77. The number of rotatable bonds is 8. The molecule has 0 spiro atoms. The van der Waals surface area contributed by atoms with Crippen LogP contribution in [0, 0.1) is 0 Å². The van der Waals surface area contributed by atoms with Crippen LogP contribution in [0.15, 0.2) is 48.5 Å². The minimum atomic E-state index is -2.95. The fourth-order valence-corrected chi connectivity index (χ4v) is 2.07. The first-order valence-electron chi connectivity index (χ1n) is 7.77. The molecule has 2 rings (SSSR count). The van der Waals surface area contributed by atoms with Gasteiger partial charge in [-0.1, -0.05) is 6.07 Å². The van der Waals surface area contributed by atoms with Gasteiger partial charge in [-0.2, -0.15) is 8.78 Å². The fraction of sp³-hybridized carbons (Fsp3) is 0.211. The second-order valence-electron chi connectivity index (χ2n) is 4.95. The van der Waals surface area contributed by atoms with Gasteiger partial charge in [-0.05, 0) is 55.0 Å². The summed E-state index contributed by atoms with van der Waals surface area (Å²) in [5, 5.41) is 0. The van der Waals surface area contributed by atoms with E-state index in [1.165, 1.54) is 37.5 Å². The van der Waals surface area contributed by atoms with Gasteiger partial charge in [-0.15, -0.1) is 0 Å². The van der Waals surface area contributed by atoms with Crippen molar-refractivity contribution >= 4 is 12.0 Å². The third-order valence-electron chi connectivity index (χ3n) is 3.17. The van der Waals surface area contributed by atoms with Gasteiger partial charge in [0.15, 0.2) is 11.5 Å². The van der Waals surface area contributed by atoms with Crippen LogP contribution >= 0.6 is 0 Å². The number of methoxy groups -OCH3 is 1. The van der Waals surface area contributed by atoms with Crippen LogP contribution in [0.4, 0.5) is 8.78 Å². The van der Waals surface area contributed by atoms with Crippen LogP contribution in [0.5, 0.6) is 23.0 Å². The van der Waals surface area contributed by atoms with E-state index in [1.807, 2.05) is 6.92 Å². The summed E-state index contributed by atoms with van der Waals surface area (Å²) < 4.78 is 44.4. The van der Waals surface area contributed by atoms with Crippen LogP contribution in [0.1, 0.15) is 12.5 Å². The number of ether oxygens (including phenoxy) is 4. The fourth-order valence-electron chi connectivity index (χ4n) is 2.07. The summed E-state index contributed by atoms with van der Waals surface area (Å²) in [6.45, 7) is -0.527. The number of hydrogen-bond donors (Lipinski definition) is 0. The number of esters is 1. The van der Waals surface area contributed by atoms with Crippen LogP contribution in [-0.4, -0.2) is 26.3 Å². The van der Waals surface area contributed by atoms with E-state index in [0.717, 1.165) is 0 Å². The van der Waals surface area contributed by atoms with E-state index in [0.29, 0.717) is 23.7 Å². The molecule has 0 amide bonds. The number of hydrogen-bond acceptors (Lipinski definition) is 5. The molecule has 0 atom stereocenters. The third-order valence-corrected chi connectivity index (χ3v) is 3.17. The zero-order valence-electron chi connectivity index (χ0n) is 14.3. The van der Waals surface area contributed by atoms with Gasteiger partial charge >= 0.3 is 12.6 Å². The Bertz CT molecular complexity index is 757. The number of alkyl halides is 2. The van der Waals surface area contributed by atoms with Gasteiger partial charge in [0.25, 0.3) is 0 Å². The highest BCUT2D eigenvalue weighted by atomic mass is 19.3. The van der Waals surface area contributed by atoms with Gasteiger partial charge in [0.2, 0.25) is 0 Å². The average Bonchev–Trinajstić information content (AvgIpc) is 2.62. The lowest BCUT2D eigenvalue weighted by Gasteiger charge is -2.10. The molecule has 0 bridgehead atoms. The van der Waals surface area contributed by atoms with Gasteiger partial charge < -0.3 is 18.9 Å². The first kappa shape index (κ1) is 19.2. The molecule has 0 saturated carbocycles. The Kier molecular flexibility index (Phi) is 6.96. The quantitative estimate of drug-likeness (QED) is 0.397. The molecule has 0 heterocycles. The van der Waals surface area contributed by atoms with Crippen LogP contribution in [0.25, 0.3) is 6.08 Å². The Labute approximate surface area is 149 Å². The second kappa shape index (κ2) is 9.41. The second-order valence-corrected chi connectivity index (χ2v) is 4.95. The Morgan fingerprint density at radius 3 is 2.38 bits per heavy atom. The lowest BCUT2D eigenvalue weighted by molar-refractivity contribution is -0.128. The lowest BCUT2D eigenvalue weighted by Crippen LogP contribution is -2.04. The van der Waals surface area contributed by atoms with Crippen molar-refractivity contribution in [2.75, 3.05) is 13.7 Å². The molecule has 5 nitrogen and oxygen atoms in total. The van der Waals surface area contributed by atoms with E-state index in [4.69, 9.17) is 14.2 Å². The molecule has 7 heteroatoms. The van der Waals surface area contributed by atoms with E-state index >= 15 is 0 Å². The predicted octanol–water partition coefficient (Wildman–Crippen LogP) is 4.31. The van der Waals surface area contributed by atoms with Crippen LogP contribution < -0.4 is 18.9 Å². The van der Waals surface area contributed by atoms with Crippen LogP contribution in [0.2, 0.25) is 0 Å². The van der Waals surface area contributed by atoms with Gasteiger partial charge in [0.05, 0.1) is 13.7 Å². The summed E-state index contributed by atoms with van der Waals surface area (Å²) in [6.07, 6.45) is 2.70. The highest BCUT2D eigenvalue weighted by Gasteiger charge is 2.10. The van der Waals surface area contributed by atoms with Gasteiger partial charge in [-0.25, -0.2) is 4.79 Å². The molecule has 0 aromatic heterocycles. The number of benzene rings is 2. The van der Waals surface area contributed by atoms with Crippen molar-refractivity contribution in [3.8, 4) is 23.0 Å². The molecule has 0 unspecified atom stereocenters. The van der Waals surface area contributed by atoms with Gasteiger partial charge in [0, 0.05) is 6.08 Å². The number of halogens is 2. The van der Waals surface area contributed by atoms with Gasteiger partial charge in [-0.3, -0.25) is 0 Å². The highest BCUT2D eigenvalue weighted by molar-refractivity contribution is 5.88. The molecule has 0 aliphatic carbocycles. The Morgan fingerprint density at radius 1 is 1.08 bits per heavy atom. The maximum absolute atomic E-state index is 12.3. The van der Waals surface area contributed by atoms with Crippen LogP contribution in [0.3, 0.4) is 0 Å². The first-order chi connectivity index (χ1) is 12.5. The Balaban J connectivity index is 2.00. The lowest BCUT2D eigenvalue weighted by atomic mass is 10.2. The standard InChI is InChI=1S/C19H18F2O5/c1-3-24-14-6-8-15(9-7-14)25-18(22)11-5-13-4-10-16(26-19(20)21)17(12-13)23-2/h4-12,19H,3H2,1-2H3/b11-5+. The van der Waals surface area contributed by atoms with E-state index in [1.54, 1.807) is 24.3 Å². The topological polar surface area (TPSA) is 54.0 Å². The Hall–Kier alpha value is -3.09. The van der Waals surface area contributed by atoms with Crippen molar-refractivity contribution in [3.05, 3.63) is 54.1 Å². The average molecular weight is 364 g/mol. The largest absolute Gasteiger partial charge is 0.494 e. The molecule has 0 fully saturated rings. The number of carbonyl (C=O) groups is 1. The molecule has 0 saturated heterocycles. The molecule has 0 N–H and O–H groups in total. The molecule has 2 aromatic carbocycles. The summed E-state index contributed by atoms with van der Waals surface area (Å²) in [4.78, 5) is 11.9. The zero-order valence-corrected chi connectivity index (χ0v) is 14.3. The van der Waals surface area contributed by atoms with Crippen molar-refractivity contribution in [1.29, 1.82) is 0 Å². The molecule has 2 aromatic rings. The van der Waals surface area contributed by atoms with Crippen molar-refractivity contribution in [1.82, 2.24) is 0 Å². The van der Waals surface area contributed by atoms with E-state index in [-0.39, 0.29) is 11.5 Å². The van der Waals surface area contributed by atoms with Crippen molar-refractivity contribution in [3.63, 3.8) is 0 Å². The molecule has 0 aliphatic heterocycles. The van der Waals surface area contributed by atoms with Crippen LogP contribution in [-0.2, 0) is 4.79 Å². The summed E-state index contributed by atoms with van der Waals surface area (Å²) in [7, 11) is 1.33. The van der Waals surface area contributed by atoms with E-state index in [2.05, 4.69) is 4.74 Å². The zero-order chi connectivity index (χ0) is 18.9. The Morgan fingerprint density at radius 2 is 1.77 bits per heavy atom. The third kappa shape index (κ3) is 5.77. The summed E-state index contributed by atoms with van der Waals surface area (Å²) in [5.74, 6) is 0.521. The van der Waals surface area contributed by atoms with E-state index < -0.39 is 12.6 Å². The molecular formula is C19H18F2O5. The SMILES string of the molecule is CCOc1ccc(OC(=O)/C=C/c2ccc(OC(F)F)c(OC)c2)cc1.